The smallest absolute Gasteiger partial charge is 0.167 e. The molecule has 0 aromatic heterocycles. The first-order valence-corrected chi connectivity index (χ1v) is 6.52. The summed E-state index contributed by atoms with van der Waals surface area (Å²) in [6.07, 6.45) is 3.47. The second-order valence-corrected chi connectivity index (χ2v) is 4.78. The third kappa shape index (κ3) is 3.67. The molecule has 1 aromatic rings. The Hall–Kier alpha value is -1.16. The summed E-state index contributed by atoms with van der Waals surface area (Å²) in [5, 5.41) is 3.41. The van der Waals surface area contributed by atoms with E-state index in [1.807, 2.05) is 0 Å². The first-order valence-electron chi connectivity index (χ1n) is 6.52. The Kier molecular flexibility index (Phi) is 4.53. The Balaban J connectivity index is 1.88. The van der Waals surface area contributed by atoms with Crippen LogP contribution in [0.1, 0.15) is 26.2 Å². The van der Waals surface area contributed by atoms with E-state index < -0.39 is 11.6 Å². The van der Waals surface area contributed by atoms with Crippen molar-refractivity contribution >= 4 is 0 Å². The molecule has 0 aliphatic heterocycles. The topological polar surface area (TPSA) is 21.3 Å². The molecule has 18 heavy (non-hydrogen) atoms. The molecule has 1 atom stereocenters. The van der Waals surface area contributed by atoms with Gasteiger partial charge in [-0.05, 0) is 43.9 Å². The van der Waals surface area contributed by atoms with E-state index in [0.29, 0.717) is 12.5 Å². The molecule has 1 aromatic carbocycles. The predicted molar refractivity (Wildman–Crippen MR) is 66.7 cm³/mol. The van der Waals surface area contributed by atoms with Crippen molar-refractivity contribution in [3.8, 4) is 5.75 Å². The van der Waals surface area contributed by atoms with Gasteiger partial charge in [0.25, 0.3) is 0 Å². The molecule has 2 nitrogen and oxygen atoms in total. The van der Waals surface area contributed by atoms with Gasteiger partial charge in [-0.25, -0.2) is 8.78 Å². The monoisotopic (exact) mass is 255 g/mol. The van der Waals surface area contributed by atoms with Gasteiger partial charge in [-0.2, -0.15) is 0 Å². The van der Waals surface area contributed by atoms with Crippen LogP contribution in [0, 0.1) is 17.6 Å². The van der Waals surface area contributed by atoms with Crippen LogP contribution in [0.4, 0.5) is 8.78 Å². The average Bonchev–Trinajstić information content (AvgIpc) is 3.15. The summed E-state index contributed by atoms with van der Waals surface area (Å²) in [5.74, 6) is -0.455. The van der Waals surface area contributed by atoms with E-state index in [-0.39, 0.29) is 11.8 Å². The van der Waals surface area contributed by atoms with Crippen LogP contribution in [0.3, 0.4) is 0 Å². The lowest BCUT2D eigenvalue weighted by Gasteiger charge is -2.18. The molecule has 0 amide bonds. The van der Waals surface area contributed by atoms with Crippen LogP contribution < -0.4 is 10.1 Å². The fourth-order valence-corrected chi connectivity index (χ4v) is 1.96. The Morgan fingerprint density at radius 1 is 1.39 bits per heavy atom. The second kappa shape index (κ2) is 6.14. The molecular formula is C14H19F2NO. The summed E-state index contributed by atoms with van der Waals surface area (Å²) in [6, 6.07) is 3.67. The molecule has 100 valence electrons. The quantitative estimate of drug-likeness (QED) is 0.808. The maximum absolute atomic E-state index is 13.4. The molecule has 1 aliphatic carbocycles. The van der Waals surface area contributed by atoms with Gasteiger partial charge in [0, 0.05) is 12.1 Å². The zero-order valence-corrected chi connectivity index (χ0v) is 10.6. The number of halogens is 2. The molecule has 1 fully saturated rings. The third-order valence-electron chi connectivity index (χ3n) is 3.16. The van der Waals surface area contributed by atoms with Gasteiger partial charge in [0.05, 0.1) is 0 Å². The van der Waals surface area contributed by atoms with E-state index in [1.165, 1.54) is 25.0 Å². The molecule has 0 spiro atoms. The lowest BCUT2D eigenvalue weighted by molar-refractivity contribution is 0.239. The van der Waals surface area contributed by atoms with Crippen molar-refractivity contribution in [3.05, 3.63) is 29.8 Å². The molecule has 0 radical (unpaired) electrons. The highest BCUT2D eigenvalue weighted by atomic mass is 19.1. The summed E-state index contributed by atoms with van der Waals surface area (Å²) < 4.78 is 31.6. The van der Waals surface area contributed by atoms with Gasteiger partial charge < -0.3 is 10.1 Å². The van der Waals surface area contributed by atoms with Gasteiger partial charge in [-0.3, -0.25) is 0 Å². The van der Waals surface area contributed by atoms with Crippen molar-refractivity contribution in [3.63, 3.8) is 0 Å². The summed E-state index contributed by atoms with van der Waals surface area (Å²) in [4.78, 5) is 0. The predicted octanol–water partition coefficient (Wildman–Crippen LogP) is 3.12. The van der Waals surface area contributed by atoms with Crippen molar-refractivity contribution in [2.75, 3.05) is 13.2 Å². The molecule has 4 heteroatoms. The summed E-state index contributed by atoms with van der Waals surface area (Å²) in [6.45, 7) is 3.49. The third-order valence-corrected chi connectivity index (χ3v) is 3.16. The largest absolute Gasteiger partial charge is 0.489 e. The first kappa shape index (κ1) is 13.3. The van der Waals surface area contributed by atoms with Crippen LogP contribution in [-0.4, -0.2) is 19.2 Å². The summed E-state index contributed by atoms with van der Waals surface area (Å²) >= 11 is 0. The fraction of sp³-hybridized carbons (Fsp3) is 0.571. The fourth-order valence-electron chi connectivity index (χ4n) is 1.96. The number of hydrogen-bond acceptors (Lipinski definition) is 2. The van der Waals surface area contributed by atoms with E-state index in [1.54, 1.807) is 0 Å². The van der Waals surface area contributed by atoms with E-state index in [2.05, 4.69) is 12.2 Å². The summed E-state index contributed by atoms with van der Waals surface area (Å²) in [5.41, 5.74) is 0. The van der Waals surface area contributed by atoms with Crippen molar-refractivity contribution < 1.29 is 13.5 Å². The molecule has 1 saturated carbocycles. The van der Waals surface area contributed by atoms with Crippen LogP contribution in [-0.2, 0) is 0 Å². The number of ether oxygens (including phenoxy) is 1. The first-order chi connectivity index (χ1) is 8.70. The van der Waals surface area contributed by atoms with Crippen molar-refractivity contribution in [1.82, 2.24) is 5.32 Å². The molecule has 0 saturated heterocycles. The van der Waals surface area contributed by atoms with Gasteiger partial charge in [-0.1, -0.05) is 6.92 Å². The zero-order chi connectivity index (χ0) is 13.0. The minimum atomic E-state index is -0.639. The minimum absolute atomic E-state index is 0.125. The molecule has 1 N–H and O–H groups in total. The average molecular weight is 255 g/mol. The van der Waals surface area contributed by atoms with Crippen LogP contribution >= 0.6 is 0 Å². The summed E-state index contributed by atoms with van der Waals surface area (Å²) in [7, 11) is 0. The van der Waals surface area contributed by atoms with Crippen LogP contribution in [0.2, 0.25) is 0 Å². The Morgan fingerprint density at radius 3 is 2.78 bits per heavy atom. The molecular weight excluding hydrogens is 236 g/mol. The molecule has 1 aliphatic rings. The maximum Gasteiger partial charge on any atom is 0.167 e. The lowest BCUT2D eigenvalue weighted by atomic mass is 10.2. The van der Waals surface area contributed by atoms with Crippen molar-refractivity contribution in [2.45, 2.75) is 32.2 Å². The minimum Gasteiger partial charge on any atom is -0.489 e. The van der Waals surface area contributed by atoms with Gasteiger partial charge in [0.15, 0.2) is 11.6 Å². The zero-order valence-electron chi connectivity index (χ0n) is 10.6. The van der Waals surface area contributed by atoms with Gasteiger partial charge in [0.1, 0.15) is 12.4 Å². The Morgan fingerprint density at radius 2 is 2.17 bits per heavy atom. The van der Waals surface area contributed by atoms with Crippen molar-refractivity contribution in [2.24, 2.45) is 5.92 Å². The van der Waals surface area contributed by atoms with Crippen LogP contribution in [0.25, 0.3) is 0 Å². The highest BCUT2D eigenvalue weighted by Gasteiger charge is 2.31. The number of rotatable bonds is 7. The lowest BCUT2D eigenvalue weighted by Crippen LogP contribution is -2.37. The van der Waals surface area contributed by atoms with Gasteiger partial charge >= 0.3 is 0 Å². The van der Waals surface area contributed by atoms with E-state index >= 15 is 0 Å². The van der Waals surface area contributed by atoms with Crippen molar-refractivity contribution in [1.29, 1.82) is 0 Å². The van der Waals surface area contributed by atoms with E-state index in [4.69, 9.17) is 4.74 Å². The number of hydrogen-bond donors (Lipinski definition) is 1. The van der Waals surface area contributed by atoms with Crippen LogP contribution in [0.5, 0.6) is 5.75 Å². The van der Waals surface area contributed by atoms with Crippen LogP contribution in [0.15, 0.2) is 18.2 Å². The second-order valence-electron chi connectivity index (χ2n) is 4.78. The van der Waals surface area contributed by atoms with E-state index in [9.17, 15) is 8.78 Å². The number of benzene rings is 1. The molecule has 2 rings (SSSR count). The molecule has 1 unspecified atom stereocenters. The highest BCUT2D eigenvalue weighted by Crippen LogP contribution is 2.33. The standard InChI is InChI=1S/C14H19F2NO/c1-2-7-17-13(10-3-4-10)9-18-14-6-5-11(15)8-12(14)16/h5-6,8,10,13,17H,2-4,7,9H2,1H3. The molecule has 0 heterocycles. The van der Waals surface area contributed by atoms with Gasteiger partial charge in [-0.15, -0.1) is 0 Å². The maximum atomic E-state index is 13.4. The Labute approximate surface area is 106 Å². The highest BCUT2D eigenvalue weighted by molar-refractivity contribution is 5.24. The van der Waals surface area contributed by atoms with Gasteiger partial charge in [0.2, 0.25) is 0 Å². The van der Waals surface area contributed by atoms with E-state index in [0.717, 1.165) is 19.0 Å². The SMILES string of the molecule is CCCNC(COc1ccc(F)cc1F)C1CC1. The Bertz CT molecular complexity index is 393. The normalized spacial score (nSPS) is 16.6. The number of nitrogens with one attached hydrogen (secondary N) is 1. The molecule has 0 bridgehead atoms.